The molecule has 7 nitrogen and oxygen atoms in total. The largest absolute Gasteiger partial charge is 0.453 e. The number of rotatable bonds is 4. The summed E-state index contributed by atoms with van der Waals surface area (Å²) < 4.78 is 8.00. The molecule has 0 unspecified atom stereocenters. The van der Waals surface area contributed by atoms with Crippen LogP contribution < -0.4 is 0 Å². The Labute approximate surface area is 187 Å². The van der Waals surface area contributed by atoms with Gasteiger partial charge in [-0.15, -0.1) is 16.4 Å². The van der Waals surface area contributed by atoms with Crippen LogP contribution in [0.5, 0.6) is 0 Å². The zero-order chi connectivity index (χ0) is 21.7. The number of aryl methyl sites for hydroxylation is 2. The van der Waals surface area contributed by atoms with E-state index in [2.05, 4.69) is 15.0 Å². The Morgan fingerprint density at radius 2 is 1.75 bits per heavy atom. The van der Waals surface area contributed by atoms with E-state index in [0.717, 1.165) is 44.6 Å². The van der Waals surface area contributed by atoms with E-state index in [4.69, 9.17) is 14.5 Å². The molecule has 0 spiro atoms. The van der Waals surface area contributed by atoms with E-state index in [1.807, 2.05) is 79.9 Å². The van der Waals surface area contributed by atoms with Gasteiger partial charge in [0.25, 0.3) is 0 Å². The quantitative estimate of drug-likeness (QED) is 0.375. The van der Waals surface area contributed by atoms with Gasteiger partial charge in [-0.25, -0.2) is 19.6 Å². The zero-order valence-corrected chi connectivity index (χ0v) is 18.2. The molecule has 0 amide bonds. The van der Waals surface area contributed by atoms with Crippen LogP contribution in [0.25, 0.3) is 50.5 Å². The van der Waals surface area contributed by atoms with Gasteiger partial charge in [0, 0.05) is 16.6 Å². The van der Waals surface area contributed by atoms with Crippen molar-refractivity contribution in [3.63, 3.8) is 0 Å². The minimum atomic E-state index is 0.566. The second-order valence-electron chi connectivity index (χ2n) is 7.52. The molecule has 0 bridgehead atoms. The van der Waals surface area contributed by atoms with E-state index in [9.17, 15) is 0 Å². The van der Waals surface area contributed by atoms with Gasteiger partial charge in [-0.05, 0) is 44.2 Å². The Balaban J connectivity index is 1.51. The number of aromatic amines is 1. The molecule has 0 radical (unpaired) electrons. The van der Waals surface area contributed by atoms with E-state index >= 15 is 0 Å². The van der Waals surface area contributed by atoms with Crippen LogP contribution in [0.3, 0.4) is 0 Å². The molecule has 156 valence electrons. The maximum absolute atomic E-state index is 6.20. The van der Waals surface area contributed by atoms with Gasteiger partial charge in [-0.2, -0.15) is 0 Å². The smallest absolute Gasteiger partial charge is 0.211 e. The summed E-state index contributed by atoms with van der Waals surface area (Å²) in [7, 11) is 0. The van der Waals surface area contributed by atoms with Crippen molar-refractivity contribution in [2.75, 3.05) is 0 Å². The van der Waals surface area contributed by atoms with Crippen molar-refractivity contribution in [3.8, 4) is 39.4 Å². The van der Waals surface area contributed by atoms with Gasteiger partial charge < -0.3 is 9.40 Å². The van der Waals surface area contributed by atoms with E-state index in [0.29, 0.717) is 17.4 Å². The molecule has 6 aromatic rings. The first-order valence-corrected chi connectivity index (χ1v) is 11.0. The molecule has 4 aromatic heterocycles. The number of benzene rings is 2. The first-order chi connectivity index (χ1) is 15.6. The number of furan rings is 1. The molecule has 0 atom stereocenters. The average molecular weight is 439 g/mol. The first kappa shape index (κ1) is 18.7. The lowest BCUT2D eigenvalue weighted by Gasteiger charge is -2.04. The van der Waals surface area contributed by atoms with Gasteiger partial charge in [0.2, 0.25) is 5.82 Å². The van der Waals surface area contributed by atoms with Crippen LogP contribution >= 0.6 is 11.3 Å². The number of hydrogen-bond acceptors (Lipinski definition) is 6. The van der Waals surface area contributed by atoms with Gasteiger partial charge in [-0.1, -0.05) is 30.3 Å². The third kappa shape index (κ3) is 3.21. The Morgan fingerprint density at radius 3 is 2.56 bits per heavy atom. The van der Waals surface area contributed by atoms with E-state index in [1.54, 1.807) is 4.68 Å². The molecular formula is C24H18N6OS. The normalized spacial score (nSPS) is 11.4. The van der Waals surface area contributed by atoms with E-state index in [-0.39, 0.29) is 0 Å². The lowest BCUT2D eigenvalue weighted by Crippen LogP contribution is -1.99. The number of thiazole rings is 1. The third-order valence-corrected chi connectivity index (χ3v) is 6.09. The SMILES string of the molecule is Cc1csc(-c2nc(-c3ccc(-c4ccccc4)o3)n(-c3ccc4nc(C)[nH]c4c3)n2)n1. The summed E-state index contributed by atoms with van der Waals surface area (Å²) in [5.41, 5.74) is 4.67. The van der Waals surface area contributed by atoms with Gasteiger partial charge in [0.1, 0.15) is 11.6 Å². The van der Waals surface area contributed by atoms with Crippen molar-refractivity contribution in [2.24, 2.45) is 0 Å². The number of nitrogens with zero attached hydrogens (tertiary/aromatic N) is 5. The van der Waals surface area contributed by atoms with Crippen LogP contribution in [0.2, 0.25) is 0 Å². The molecule has 2 aromatic carbocycles. The minimum absolute atomic E-state index is 0.566. The number of aromatic nitrogens is 6. The summed E-state index contributed by atoms with van der Waals surface area (Å²) in [6, 6.07) is 19.9. The predicted octanol–water partition coefficient (Wildman–Crippen LogP) is 5.81. The monoisotopic (exact) mass is 438 g/mol. The Kier molecular flexibility index (Phi) is 4.26. The molecule has 1 N–H and O–H groups in total. The van der Waals surface area contributed by atoms with E-state index in [1.165, 1.54) is 11.3 Å². The molecule has 0 saturated heterocycles. The van der Waals surface area contributed by atoms with Gasteiger partial charge in [0.05, 0.1) is 16.7 Å². The van der Waals surface area contributed by atoms with Crippen LogP contribution in [0.4, 0.5) is 0 Å². The molecule has 32 heavy (non-hydrogen) atoms. The van der Waals surface area contributed by atoms with Crippen LogP contribution in [-0.2, 0) is 0 Å². The maximum Gasteiger partial charge on any atom is 0.211 e. The van der Waals surface area contributed by atoms with Gasteiger partial charge in [-0.3, -0.25) is 0 Å². The average Bonchev–Trinajstić information content (AvgIpc) is 3.58. The number of hydrogen-bond donors (Lipinski definition) is 1. The molecule has 6 rings (SSSR count). The molecule has 8 heteroatoms. The van der Waals surface area contributed by atoms with Crippen LogP contribution in [0.1, 0.15) is 11.5 Å². The van der Waals surface area contributed by atoms with Crippen molar-refractivity contribution >= 4 is 22.4 Å². The fourth-order valence-corrected chi connectivity index (χ4v) is 4.39. The highest BCUT2D eigenvalue weighted by atomic mass is 32.1. The lowest BCUT2D eigenvalue weighted by molar-refractivity contribution is 0.589. The summed E-state index contributed by atoms with van der Waals surface area (Å²) in [4.78, 5) is 17.2. The second-order valence-corrected chi connectivity index (χ2v) is 8.38. The zero-order valence-electron chi connectivity index (χ0n) is 17.4. The highest BCUT2D eigenvalue weighted by molar-refractivity contribution is 7.13. The molecule has 0 fully saturated rings. The van der Waals surface area contributed by atoms with Crippen molar-refractivity contribution in [2.45, 2.75) is 13.8 Å². The Hall–Kier alpha value is -4.04. The highest BCUT2D eigenvalue weighted by Crippen LogP contribution is 2.31. The molecular weight excluding hydrogens is 420 g/mol. The summed E-state index contributed by atoms with van der Waals surface area (Å²) >= 11 is 1.53. The molecule has 0 aliphatic heterocycles. The molecule has 0 aliphatic carbocycles. The summed E-state index contributed by atoms with van der Waals surface area (Å²) in [5.74, 6) is 3.47. The number of imidazole rings is 1. The minimum Gasteiger partial charge on any atom is -0.453 e. The summed E-state index contributed by atoms with van der Waals surface area (Å²) in [5, 5.41) is 7.56. The van der Waals surface area contributed by atoms with Gasteiger partial charge >= 0.3 is 0 Å². The number of fused-ring (bicyclic) bond motifs is 1. The van der Waals surface area contributed by atoms with E-state index < -0.39 is 0 Å². The molecule has 0 aliphatic rings. The standard InChI is InChI=1S/C24H18N6OS/c1-14-13-32-24(25-14)22-28-23(21-11-10-20(31-21)16-6-4-3-5-7-16)30(29-22)17-8-9-18-19(12-17)27-15(2)26-18/h3-13H,1-2H3,(H,26,27). The van der Waals surface area contributed by atoms with Crippen molar-refractivity contribution in [3.05, 3.63) is 77.6 Å². The molecule has 0 saturated carbocycles. The third-order valence-electron chi connectivity index (χ3n) is 5.13. The summed E-state index contributed by atoms with van der Waals surface area (Å²) in [6.45, 7) is 3.91. The van der Waals surface area contributed by atoms with Crippen LogP contribution in [0, 0.1) is 13.8 Å². The predicted molar refractivity (Wildman–Crippen MR) is 125 cm³/mol. The fraction of sp³-hybridized carbons (Fsp3) is 0.0833. The topological polar surface area (TPSA) is 85.4 Å². The fourth-order valence-electron chi connectivity index (χ4n) is 3.67. The number of nitrogens with one attached hydrogen (secondary N) is 1. The lowest BCUT2D eigenvalue weighted by atomic mass is 10.2. The highest BCUT2D eigenvalue weighted by Gasteiger charge is 2.20. The molecule has 4 heterocycles. The Morgan fingerprint density at radius 1 is 0.906 bits per heavy atom. The Bertz CT molecular complexity index is 1560. The second kappa shape index (κ2) is 7.28. The van der Waals surface area contributed by atoms with Crippen molar-refractivity contribution in [1.29, 1.82) is 0 Å². The van der Waals surface area contributed by atoms with Crippen LogP contribution in [0.15, 0.2) is 70.5 Å². The summed E-state index contributed by atoms with van der Waals surface area (Å²) in [6.07, 6.45) is 0. The van der Waals surface area contributed by atoms with Gasteiger partial charge in [0.15, 0.2) is 16.6 Å². The van der Waals surface area contributed by atoms with Crippen molar-refractivity contribution in [1.82, 2.24) is 29.7 Å². The van der Waals surface area contributed by atoms with Crippen molar-refractivity contribution < 1.29 is 4.42 Å². The first-order valence-electron chi connectivity index (χ1n) is 10.2. The van der Waals surface area contributed by atoms with Crippen LogP contribution in [-0.4, -0.2) is 29.7 Å². The maximum atomic E-state index is 6.20. The number of H-pyrrole nitrogens is 1.